The Labute approximate surface area is 127 Å². The van der Waals surface area contributed by atoms with E-state index in [2.05, 4.69) is 4.74 Å². The summed E-state index contributed by atoms with van der Waals surface area (Å²) in [6.45, 7) is 2.35. The number of carbonyl (C=O) groups is 1. The molecule has 8 heteroatoms. The molecule has 112 valence electrons. The summed E-state index contributed by atoms with van der Waals surface area (Å²) in [6.07, 6.45) is 2.67. The molecule has 0 saturated carbocycles. The van der Waals surface area contributed by atoms with Gasteiger partial charge in [0, 0.05) is 12.6 Å². The average molecular weight is 338 g/mol. The monoisotopic (exact) mass is 337 g/mol. The number of halogens is 1. The molecule has 1 fully saturated rings. The fourth-order valence-corrected chi connectivity index (χ4v) is 5.73. The first-order valence-electron chi connectivity index (χ1n) is 6.27. The molecule has 0 spiro atoms. The number of piperidine rings is 1. The van der Waals surface area contributed by atoms with Crippen molar-refractivity contribution in [2.45, 2.75) is 37.1 Å². The van der Waals surface area contributed by atoms with Gasteiger partial charge in [0.05, 0.1) is 11.4 Å². The highest BCUT2D eigenvalue weighted by molar-refractivity contribution is 7.89. The van der Waals surface area contributed by atoms with Crippen LogP contribution in [-0.4, -0.2) is 38.4 Å². The lowest BCUT2D eigenvalue weighted by Crippen LogP contribution is -2.42. The van der Waals surface area contributed by atoms with Gasteiger partial charge in [-0.15, -0.1) is 11.3 Å². The third-order valence-electron chi connectivity index (χ3n) is 3.37. The molecule has 1 saturated heterocycles. The minimum Gasteiger partial charge on any atom is -0.465 e. The van der Waals surface area contributed by atoms with Crippen LogP contribution in [0.25, 0.3) is 0 Å². The van der Waals surface area contributed by atoms with Crippen molar-refractivity contribution in [3.63, 3.8) is 0 Å². The van der Waals surface area contributed by atoms with Crippen molar-refractivity contribution in [1.29, 1.82) is 0 Å². The largest absolute Gasteiger partial charge is 0.465 e. The average Bonchev–Trinajstić information content (AvgIpc) is 2.81. The second kappa shape index (κ2) is 6.01. The normalized spacial score (nSPS) is 20.9. The van der Waals surface area contributed by atoms with E-state index in [0.717, 1.165) is 30.6 Å². The van der Waals surface area contributed by atoms with E-state index in [9.17, 15) is 13.2 Å². The second-order valence-corrected chi connectivity index (χ2v) is 8.24. The quantitative estimate of drug-likeness (QED) is 0.795. The van der Waals surface area contributed by atoms with E-state index in [4.69, 9.17) is 11.6 Å². The SMILES string of the molecule is COC(=O)c1sc(Cl)cc1S(=O)(=O)N1CCCCC1C. The van der Waals surface area contributed by atoms with Gasteiger partial charge in [-0.25, -0.2) is 13.2 Å². The summed E-state index contributed by atoms with van der Waals surface area (Å²) in [5.74, 6) is -0.676. The van der Waals surface area contributed by atoms with Gasteiger partial charge in [-0.05, 0) is 25.8 Å². The number of ether oxygens (including phenoxy) is 1. The van der Waals surface area contributed by atoms with E-state index in [0.29, 0.717) is 6.54 Å². The molecule has 0 bridgehead atoms. The zero-order chi connectivity index (χ0) is 14.9. The van der Waals surface area contributed by atoms with Crippen LogP contribution in [0.2, 0.25) is 4.34 Å². The van der Waals surface area contributed by atoms with Crippen molar-refractivity contribution in [3.05, 3.63) is 15.3 Å². The van der Waals surface area contributed by atoms with Gasteiger partial charge in [0.25, 0.3) is 0 Å². The Hall–Kier alpha value is -0.630. The van der Waals surface area contributed by atoms with Gasteiger partial charge >= 0.3 is 5.97 Å². The highest BCUT2D eigenvalue weighted by Crippen LogP contribution is 2.34. The summed E-state index contributed by atoms with van der Waals surface area (Å²) in [7, 11) is -2.50. The van der Waals surface area contributed by atoms with Crippen LogP contribution in [0.5, 0.6) is 0 Å². The third kappa shape index (κ3) is 2.86. The summed E-state index contributed by atoms with van der Waals surface area (Å²) >= 11 is 6.80. The van der Waals surface area contributed by atoms with Crippen LogP contribution >= 0.6 is 22.9 Å². The number of nitrogens with zero attached hydrogens (tertiary/aromatic N) is 1. The lowest BCUT2D eigenvalue weighted by Gasteiger charge is -2.32. The van der Waals surface area contributed by atoms with Gasteiger partial charge in [0.15, 0.2) is 0 Å². The highest BCUT2D eigenvalue weighted by Gasteiger charge is 2.35. The maximum atomic E-state index is 12.7. The van der Waals surface area contributed by atoms with Gasteiger partial charge < -0.3 is 4.74 Å². The van der Waals surface area contributed by atoms with Gasteiger partial charge in [0.1, 0.15) is 9.77 Å². The summed E-state index contributed by atoms with van der Waals surface area (Å²) in [5, 5.41) is 0. The first-order valence-corrected chi connectivity index (χ1v) is 8.91. The first kappa shape index (κ1) is 15.8. The highest BCUT2D eigenvalue weighted by atomic mass is 35.5. The van der Waals surface area contributed by atoms with E-state index < -0.39 is 16.0 Å². The molecular weight excluding hydrogens is 322 g/mol. The van der Waals surface area contributed by atoms with E-state index >= 15 is 0 Å². The maximum absolute atomic E-state index is 12.7. The van der Waals surface area contributed by atoms with Crippen molar-refractivity contribution in [2.24, 2.45) is 0 Å². The van der Waals surface area contributed by atoms with Gasteiger partial charge in [-0.1, -0.05) is 18.0 Å². The molecule has 1 unspecified atom stereocenters. The first-order chi connectivity index (χ1) is 9.37. The number of methoxy groups -OCH3 is 1. The molecular formula is C12H16ClNO4S2. The number of hydrogen-bond donors (Lipinski definition) is 0. The zero-order valence-electron chi connectivity index (χ0n) is 11.3. The molecule has 0 radical (unpaired) electrons. The van der Waals surface area contributed by atoms with Crippen molar-refractivity contribution in [2.75, 3.05) is 13.7 Å². The molecule has 1 aliphatic rings. The van der Waals surface area contributed by atoms with Crippen LogP contribution in [-0.2, 0) is 14.8 Å². The fraction of sp³-hybridized carbons (Fsp3) is 0.583. The fourth-order valence-electron chi connectivity index (χ4n) is 2.33. The zero-order valence-corrected chi connectivity index (χ0v) is 13.6. The molecule has 1 aromatic rings. The summed E-state index contributed by atoms with van der Waals surface area (Å²) in [6, 6.07) is 1.26. The van der Waals surface area contributed by atoms with Crippen LogP contribution in [0.1, 0.15) is 35.9 Å². The molecule has 2 rings (SSSR count). The molecule has 1 atom stereocenters. The molecule has 0 amide bonds. The van der Waals surface area contributed by atoms with Gasteiger partial charge in [-0.3, -0.25) is 0 Å². The van der Waals surface area contributed by atoms with E-state index in [-0.39, 0.29) is 20.2 Å². The molecule has 0 aromatic carbocycles. The summed E-state index contributed by atoms with van der Waals surface area (Å²) in [4.78, 5) is 11.7. The number of hydrogen-bond acceptors (Lipinski definition) is 5. The smallest absolute Gasteiger partial charge is 0.349 e. The Morgan fingerprint density at radius 3 is 2.80 bits per heavy atom. The van der Waals surface area contributed by atoms with Gasteiger partial charge in [0.2, 0.25) is 10.0 Å². The lowest BCUT2D eigenvalue weighted by atomic mass is 10.1. The number of esters is 1. The van der Waals surface area contributed by atoms with Crippen LogP contribution in [0.15, 0.2) is 11.0 Å². The molecule has 0 aliphatic carbocycles. The van der Waals surface area contributed by atoms with E-state index in [1.54, 1.807) is 0 Å². The van der Waals surface area contributed by atoms with Crippen LogP contribution < -0.4 is 0 Å². The number of thiophene rings is 1. The second-order valence-electron chi connectivity index (χ2n) is 4.70. The predicted molar refractivity (Wildman–Crippen MR) is 77.9 cm³/mol. The maximum Gasteiger partial charge on any atom is 0.349 e. The standard InChI is InChI=1S/C12H16ClNO4S2/c1-8-5-3-4-6-14(8)20(16,17)9-7-10(13)19-11(9)12(15)18-2/h7-8H,3-6H2,1-2H3. The molecule has 20 heavy (non-hydrogen) atoms. The van der Waals surface area contributed by atoms with E-state index in [1.807, 2.05) is 6.92 Å². The molecule has 1 aliphatic heterocycles. The number of carbonyl (C=O) groups excluding carboxylic acids is 1. The predicted octanol–water partition coefficient (Wildman–Crippen LogP) is 2.75. The van der Waals surface area contributed by atoms with Crippen molar-refractivity contribution < 1.29 is 17.9 Å². The minimum absolute atomic E-state index is 0.0373. The van der Waals surface area contributed by atoms with Crippen molar-refractivity contribution >= 4 is 38.9 Å². The van der Waals surface area contributed by atoms with Crippen LogP contribution in [0.3, 0.4) is 0 Å². The Kier molecular flexibility index (Phi) is 4.73. The van der Waals surface area contributed by atoms with Crippen LogP contribution in [0, 0.1) is 0 Å². The van der Waals surface area contributed by atoms with Crippen molar-refractivity contribution in [1.82, 2.24) is 4.31 Å². The minimum atomic E-state index is -3.72. The Morgan fingerprint density at radius 1 is 1.50 bits per heavy atom. The molecule has 0 N–H and O–H groups in total. The molecule has 5 nitrogen and oxygen atoms in total. The summed E-state index contributed by atoms with van der Waals surface area (Å²) < 4.78 is 31.8. The third-order valence-corrected chi connectivity index (χ3v) is 6.78. The van der Waals surface area contributed by atoms with Crippen molar-refractivity contribution in [3.8, 4) is 0 Å². The number of sulfonamides is 1. The van der Waals surface area contributed by atoms with E-state index in [1.165, 1.54) is 17.5 Å². The Bertz CT molecular complexity index is 611. The Balaban J connectivity index is 2.46. The van der Waals surface area contributed by atoms with Crippen LogP contribution in [0.4, 0.5) is 0 Å². The molecule has 2 heterocycles. The number of rotatable bonds is 3. The Morgan fingerprint density at radius 2 is 2.20 bits per heavy atom. The lowest BCUT2D eigenvalue weighted by molar-refractivity contribution is 0.0602. The molecule has 1 aromatic heterocycles. The topological polar surface area (TPSA) is 63.7 Å². The van der Waals surface area contributed by atoms with Gasteiger partial charge in [-0.2, -0.15) is 4.31 Å². The summed E-state index contributed by atoms with van der Waals surface area (Å²) in [5.41, 5.74) is 0.